The lowest BCUT2D eigenvalue weighted by atomic mass is 9.89. The summed E-state index contributed by atoms with van der Waals surface area (Å²) in [6.07, 6.45) is 7.83. The number of carbonyl (C=O) groups is 2. The quantitative estimate of drug-likeness (QED) is 0.492. The number of carboxylic acids is 1. The van der Waals surface area contributed by atoms with Gasteiger partial charge in [-0.15, -0.1) is 0 Å². The van der Waals surface area contributed by atoms with Crippen LogP contribution in [0.25, 0.3) is 5.57 Å². The number of nitrogens with one attached hydrogen (secondary N) is 1. The summed E-state index contributed by atoms with van der Waals surface area (Å²) in [4.78, 5) is 24.5. The molecule has 0 saturated heterocycles. The van der Waals surface area contributed by atoms with E-state index in [0.717, 1.165) is 29.0 Å². The Morgan fingerprint density at radius 1 is 1.26 bits per heavy atom. The van der Waals surface area contributed by atoms with E-state index in [0.29, 0.717) is 40.7 Å². The second kappa shape index (κ2) is 10.0. The zero-order chi connectivity index (χ0) is 24.4. The first kappa shape index (κ1) is 24.0. The summed E-state index contributed by atoms with van der Waals surface area (Å²) < 4.78 is 0. The minimum absolute atomic E-state index is 0.184. The maximum atomic E-state index is 13.3. The number of halogens is 1. The van der Waals surface area contributed by atoms with E-state index in [1.165, 1.54) is 12.3 Å². The van der Waals surface area contributed by atoms with Crippen molar-refractivity contribution < 1.29 is 14.7 Å². The lowest BCUT2D eigenvalue weighted by Gasteiger charge is -2.41. The van der Waals surface area contributed by atoms with E-state index in [1.54, 1.807) is 37.3 Å². The highest BCUT2D eigenvalue weighted by Gasteiger charge is 2.35. The highest BCUT2D eigenvalue weighted by atomic mass is 35.5. The second-order valence-electron chi connectivity index (χ2n) is 8.91. The number of hydrogen-bond acceptors (Lipinski definition) is 5. The maximum absolute atomic E-state index is 13.3. The largest absolute Gasteiger partial charge is 0.758 e. The number of aryl methyl sites for hydroxylation is 1. The molecule has 1 aliphatic carbocycles. The Morgan fingerprint density at radius 2 is 2.03 bits per heavy atom. The highest BCUT2D eigenvalue weighted by molar-refractivity contribution is 6.30. The number of carbonyl (C=O) groups excluding carboxylic acids is 1. The van der Waals surface area contributed by atoms with Gasteiger partial charge in [-0.25, -0.2) is 4.79 Å². The van der Waals surface area contributed by atoms with Gasteiger partial charge in [0.15, 0.2) is 0 Å². The van der Waals surface area contributed by atoms with Crippen LogP contribution in [0.4, 0.5) is 5.69 Å². The molecule has 1 amide bonds. The van der Waals surface area contributed by atoms with Crippen LogP contribution in [0.15, 0.2) is 54.8 Å². The van der Waals surface area contributed by atoms with Gasteiger partial charge in [0.1, 0.15) is 0 Å². The minimum atomic E-state index is -1.02. The number of hydrogen-bond donors (Lipinski definition) is 3. The minimum Gasteiger partial charge on any atom is -0.758 e. The first-order valence-electron chi connectivity index (χ1n) is 11.3. The Labute approximate surface area is 203 Å². The van der Waals surface area contributed by atoms with Crippen LogP contribution in [0.5, 0.6) is 0 Å². The van der Waals surface area contributed by atoms with Gasteiger partial charge in [-0.05, 0) is 78.1 Å². The molecule has 2 aromatic rings. The molecule has 0 aromatic heterocycles. The van der Waals surface area contributed by atoms with E-state index in [2.05, 4.69) is 5.32 Å². The summed E-state index contributed by atoms with van der Waals surface area (Å²) >= 11 is 6.16. The number of rotatable bonds is 8. The molecule has 1 aliphatic heterocycles. The van der Waals surface area contributed by atoms with Crippen molar-refractivity contribution in [2.45, 2.75) is 38.8 Å². The predicted octanol–water partition coefficient (Wildman–Crippen LogP) is 4.94. The Balaban J connectivity index is 1.55. The Hall–Kier alpha value is -3.13. The molecular formula is C26H27ClN3O4-. The fourth-order valence-electron chi connectivity index (χ4n) is 4.35. The predicted molar refractivity (Wildman–Crippen MR) is 133 cm³/mol. The van der Waals surface area contributed by atoms with Gasteiger partial charge in [-0.1, -0.05) is 42.7 Å². The van der Waals surface area contributed by atoms with Crippen LogP contribution in [0, 0.1) is 24.0 Å². The molecule has 4 rings (SSSR count). The number of benzene rings is 2. The zero-order valence-electron chi connectivity index (χ0n) is 18.8. The van der Waals surface area contributed by atoms with Crippen LogP contribution >= 0.6 is 11.6 Å². The van der Waals surface area contributed by atoms with Crippen molar-refractivity contribution in [2.24, 2.45) is 17.6 Å². The van der Waals surface area contributed by atoms with Crippen molar-refractivity contribution in [3.05, 3.63) is 87.2 Å². The lowest BCUT2D eigenvalue weighted by molar-refractivity contribution is -0.121. The summed E-state index contributed by atoms with van der Waals surface area (Å²) in [7, 11) is 0. The van der Waals surface area contributed by atoms with Crippen molar-refractivity contribution in [1.29, 1.82) is 0 Å². The van der Waals surface area contributed by atoms with E-state index in [9.17, 15) is 19.9 Å². The summed E-state index contributed by atoms with van der Waals surface area (Å²) in [5.74, 6) is -1.40. The van der Waals surface area contributed by atoms with Gasteiger partial charge in [0.25, 0.3) is 0 Å². The van der Waals surface area contributed by atoms with Crippen LogP contribution in [-0.2, 0) is 11.3 Å². The van der Waals surface area contributed by atoms with E-state index < -0.39 is 17.9 Å². The number of carboxylic acid groups (broad SMARTS) is 1. The monoisotopic (exact) mass is 480 g/mol. The average molecular weight is 481 g/mol. The summed E-state index contributed by atoms with van der Waals surface area (Å²) in [6.45, 7) is 1.99. The van der Waals surface area contributed by atoms with Crippen LogP contribution < -0.4 is 11.1 Å². The normalized spacial score (nSPS) is 18.4. The zero-order valence-corrected chi connectivity index (χ0v) is 19.6. The summed E-state index contributed by atoms with van der Waals surface area (Å²) in [6, 6.07) is 9.41. The molecule has 2 atom stereocenters. The average Bonchev–Trinajstić information content (AvgIpc) is 3.61. The number of hydroxylamine groups is 2. The van der Waals surface area contributed by atoms with Crippen molar-refractivity contribution >= 4 is 34.7 Å². The molecule has 1 saturated carbocycles. The molecule has 2 aliphatic rings. The number of aromatic carboxylic acids is 1. The standard InChI is InChI=1S/C26H27ClN3O4/c1-15-10-20(7-8-21(15)26(32)33)29-25(31)23(11-16-2-3-16)24-9-5-18(14-30(24)34)22-12-19(27)6-4-17(22)13-28/h4-10,12,14,16,23-24H,2-3,11,13,28H2,1H3,(H,29,31)(H,32,33)/q-1. The highest BCUT2D eigenvalue weighted by Crippen LogP contribution is 2.39. The van der Waals surface area contributed by atoms with Gasteiger partial charge in [-0.3, -0.25) is 4.79 Å². The van der Waals surface area contributed by atoms with Gasteiger partial charge in [0.2, 0.25) is 5.91 Å². The van der Waals surface area contributed by atoms with Gasteiger partial charge in [0, 0.05) is 23.3 Å². The summed E-state index contributed by atoms with van der Waals surface area (Å²) in [5.41, 5.74) is 9.46. The van der Waals surface area contributed by atoms with Crippen LogP contribution in [0.2, 0.25) is 5.02 Å². The smallest absolute Gasteiger partial charge is 0.335 e. The SMILES string of the molecule is Cc1cc(NC(=O)C(CC2CC2)C2C=CC(c3cc(Cl)ccc3CN)=CN2[O-])ccc1C(=O)O. The molecular weight excluding hydrogens is 454 g/mol. The molecule has 1 heterocycles. The van der Waals surface area contributed by atoms with E-state index in [1.807, 2.05) is 12.1 Å². The molecule has 8 heteroatoms. The van der Waals surface area contributed by atoms with E-state index in [4.69, 9.17) is 17.3 Å². The van der Waals surface area contributed by atoms with Crippen LogP contribution in [0.3, 0.4) is 0 Å². The molecule has 178 valence electrons. The second-order valence-corrected chi connectivity index (χ2v) is 9.35. The van der Waals surface area contributed by atoms with Gasteiger partial charge in [0.05, 0.1) is 11.5 Å². The van der Waals surface area contributed by atoms with Gasteiger partial charge in [-0.2, -0.15) is 0 Å². The fourth-order valence-corrected chi connectivity index (χ4v) is 4.52. The van der Waals surface area contributed by atoms with Crippen molar-refractivity contribution in [3.8, 4) is 0 Å². The number of nitrogens with zero attached hydrogens (tertiary/aromatic N) is 1. The van der Waals surface area contributed by atoms with Gasteiger partial charge >= 0.3 is 5.97 Å². The Bertz CT molecular complexity index is 1170. The topological polar surface area (TPSA) is 119 Å². The van der Waals surface area contributed by atoms with Crippen molar-refractivity contribution in [3.63, 3.8) is 0 Å². The molecule has 2 aromatic carbocycles. The molecule has 4 N–H and O–H groups in total. The third-order valence-electron chi connectivity index (χ3n) is 6.39. The fraction of sp³-hybridized carbons (Fsp3) is 0.308. The molecule has 0 radical (unpaired) electrons. The van der Waals surface area contributed by atoms with E-state index >= 15 is 0 Å². The number of amides is 1. The third kappa shape index (κ3) is 5.33. The third-order valence-corrected chi connectivity index (χ3v) is 6.63. The first-order chi connectivity index (χ1) is 16.3. The van der Waals surface area contributed by atoms with Crippen LogP contribution in [-0.4, -0.2) is 28.1 Å². The molecule has 1 fully saturated rings. The Morgan fingerprint density at radius 3 is 2.65 bits per heavy atom. The first-order valence-corrected chi connectivity index (χ1v) is 11.6. The van der Waals surface area contributed by atoms with Crippen molar-refractivity contribution in [1.82, 2.24) is 5.06 Å². The molecule has 7 nitrogen and oxygen atoms in total. The molecule has 0 spiro atoms. The molecule has 0 bridgehead atoms. The van der Waals surface area contributed by atoms with Gasteiger partial charge < -0.3 is 26.4 Å². The van der Waals surface area contributed by atoms with E-state index in [-0.39, 0.29) is 11.5 Å². The molecule has 2 unspecified atom stereocenters. The maximum Gasteiger partial charge on any atom is 0.335 e. The number of allylic oxidation sites excluding steroid dienone is 2. The van der Waals surface area contributed by atoms with Crippen LogP contribution in [0.1, 0.15) is 46.3 Å². The number of anilines is 1. The summed E-state index contributed by atoms with van der Waals surface area (Å²) in [5, 5.41) is 26.6. The van der Waals surface area contributed by atoms with Crippen molar-refractivity contribution in [2.75, 3.05) is 5.32 Å². The lowest BCUT2D eigenvalue weighted by Crippen LogP contribution is -2.40. The Kier molecular flexibility index (Phi) is 7.07. The number of nitrogens with two attached hydrogens (primary N) is 1. The molecule has 34 heavy (non-hydrogen) atoms.